The van der Waals surface area contributed by atoms with E-state index in [-0.39, 0.29) is 40.8 Å². The number of fused-ring (bicyclic) bond motifs is 1. The van der Waals surface area contributed by atoms with Crippen LogP contribution >= 0.6 is 11.8 Å². The topological polar surface area (TPSA) is 95.2 Å². The minimum Gasteiger partial charge on any atom is -0.497 e. The van der Waals surface area contributed by atoms with Crippen molar-refractivity contribution in [3.63, 3.8) is 0 Å². The molecule has 218 valence electrons. The van der Waals surface area contributed by atoms with Crippen molar-refractivity contribution in [3.8, 4) is 5.75 Å². The highest BCUT2D eigenvalue weighted by molar-refractivity contribution is 7.99. The number of pyridine rings is 1. The van der Waals surface area contributed by atoms with Crippen LogP contribution in [-0.2, 0) is 10.2 Å². The van der Waals surface area contributed by atoms with E-state index in [1.165, 1.54) is 10.6 Å². The third-order valence-electron chi connectivity index (χ3n) is 9.41. The van der Waals surface area contributed by atoms with E-state index in [0.29, 0.717) is 25.7 Å². The van der Waals surface area contributed by atoms with E-state index in [1.807, 2.05) is 36.0 Å². The smallest absolute Gasteiger partial charge is 0.333 e. The molecule has 10 heteroatoms. The van der Waals surface area contributed by atoms with Crippen molar-refractivity contribution in [2.75, 3.05) is 18.6 Å². The molecule has 8 nitrogen and oxygen atoms in total. The molecule has 1 N–H and O–H groups in total. The van der Waals surface area contributed by atoms with Gasteiger partial charge in [-0.05, 0) is 86.6 Å². The first-order valence-corrected chi connectivity index (χ1v) is 15.9. The molecule has 3 aliphatic rings. The van der Waals surface area contributed by atoms with Crippen molar-refractivity contribution in [3.05, 3.63) is 68.7 Å². The van der Waals surface area contributed by atoms with Crippen molar-refractivity contribution in [1.82, 2.24) is 19.4 Å². The molecule has 1 aromatic carbocycles. The molecule has 3 fully saturated rings. The zero-order valence-electron chi connectivity index (χ0n) is 23.4. The second-order valence-corrected chi connectivity index (χ2v) is 12.9. The number of amides is 1. The Morgan fingerprint density at radius 2 is 1.66 bits per heavy atom. The van der Waals surface area contributed by atoms with Gasteiger partial charge in [-0.3, -0.25) is 18.7 Å². The van der Waals surface area contributed by atoms with Crippen molar-refractivity contribution in [2.24, 2.45) is 0 Å². The Balaban J connectivity index is 1.23. The van der Waals surface area contributed by atoms with Gasteiger partial charge in [0, 0.05) is 18.1 Å². The Kier molecular flexibility index (Phi) is 7.94. The van der Waals surface area contributed by atoms with Gasteiger partial charge in [-0.2, -0.15) is 11.8 Å². The first-order valence-electron chi connectivity index (χ1n) is 14.8. The lowest BCUT2D eigenvalue weighted by Crippen LogP contribution is -2.49. The molecule has 1 aliphatic heterocycles. The van der Waals surface area contributed by atoms with Gasteiger partial charge in [-0.25, -0.2) is 14.2 Å². The lowest BCUT2D eigenvalue weighted by Gasteiger charge is -2.35. The van der Waals surface area contributed by atoms with Crippen molar-refractivity contribution < 1.29 is 13.9 Å². The number of carbonyl (C=O) groups is 1. The van der Waals surface area contributed by atoms with E-state index in [0.717, 1.165) is 67.5 Å². The maximum atomic E-state index is 14.2. The Hall–Kier alpha value is -3.14. The fraction of sp³-hybridized carbons (Fsp3) is 0.548. The van der Waals surface area contributed by atoms with Gasteiger partial charge in [-0.1, -0.05) is 25.0 Å². The van der Waals surface area contributed by atoms with Gasteiger partial charge < -0.3 is 10.1 Å². The van der Waals surface area contributed by atoms with Gasteiger partial charge >= 0.3 is 5.69 Å². The number of carbonyl (C=O) groups excluding carboxylic acids is 1. The van der Waals surface area contributed by atoms with Crippen LogP contribution in [0.5, 0.6) is 5.75 Å². The van der Waals surface area contributed by atoms with Crippen LogP contribution in [0.15, 0.2) is 46.1 Å². The Morgan fingerprint density at radius 1 is 1.00 bits per heavy atom. The van der Waals surface area contributed by atoms with Gasteiger partial charge in [0.1, 0.15) is 17.2 Å². The maximum Gasteiger partial charge on any atom is 0.333 e. The van der Waals surface area contributed by atoms with Gasteiger partial charge in [0.25, 0.3) is 5.56 Å². The molecule has 3 aromatic rings. The number of nitrogens with zero attached hydrogens (tertiary/aromatic N) is 3. The molecule has 0 unspecified atom stereocenters. The second kappa shape index (κ2) is 11.6. The summed E-state index contributed by atoms with van der Waals surface area (Å²) in [7, 11) is 1.63. The van der Waals surface area contributed by atoms with Crippen molar-refractivity contribution in [1.29, 1.82) is 0 Å². The largest absolute Gasteiger partial charge is 0.497 e. The van der Waals surface area contributed by atoms with Crippen LogP contribution in [0.2, 0.25) is 0 Å². The maximum absolute atomic E-state index is 14.2. The Labute approximate surface area is 242 Å². The predicted octanol–water partition coefficient (Wildman–Crippen LogP) is 4.89. The van der Waals surface area contributed by atoms with Crippen LogP contribution in [0.3, 0.4) is 0 Å². The van der Waals surface area contributed by atoms with Gasteiger partial charge in [0.2, 0.25) is 5.91 Å². The summed E-state index contributed by atoms with van der Waals surface area (Å²) in [4.78, 5) is 45.4. The first-order chi connectivity index (χ1) is 19.9. The second-order valence-electron chi connectivity index (χ2n) is 11.7. The van der Waals surface area contributed by atoms with Crippen LogP contribution in [0, 0.1) is 5.82 Å². The molecule has 0 spiro atoms. The molecule has 0 bridgehead atoms. The third kappa shape index (κ3) is 5.19. The van der Waals surface area contributed by atoms with Crippen molar-refractivity contribution in [2.45, 2.75) is 87.7 Å². The van der Waals surface area contributed by atoms with Gasteiger partial charge in [0.15, 0.2) is 0 Å². The fourth-order valence-electron chi connectivity index (χ4n) is 7.14. The third-order valence-corrected chi connectivity index (χ3v) is 10.5. The Bertz CT molecular complexity index is 1530. The minimum absolute atomic E-state index is 0.0256. The van der Waals surface area contributed by atoms with Gasteiger partial charge in [0.05, 0.1) is 24.1 Å². The molecule has 41 heavy (non-hydrogen) atoms. The Morgan fingerprint density at radius 3 is 2.32 bits per heavy atom. The zero-order valence-corrected chi connectivity index (χ0v) is 24.3. The standard InChI is InChI=1S/C31H37FN4O4S/c1-40-25-10-4-20(5-11-25)31(14-2-3-15-31)29(38)34-22-6-8-23(9-7-22)36-28(37)26-18-21(32)19-33-27(26)35(30(36)39)24-12-16-41-17-13-24/h4-5,10-11,18-19,22-24H,2-3,6-9,12-17H2,1H3,(H,34,38). The summed E-state index contributed by atoms with van der Waals surface area (Å²) in [5.74, 6) is 2.11. The summed E-state index contributed by atoms with van der Waals surface area (Å²) < 4.78 is 22.5. The van der Waals surface area contributed by atoms with Crippen LogP contribution in [0.1, 0.15) is 81.9 Å². The molecular weight excluding hydrogens is 543 g/mol. The number of ether oxygens (including phenoxy) is 1. The number of benzene rings is 1. The summed E-state index contributed by atoms with van der Waals surface area (Å²) in [5.41, 5.74) is -0.0737. The summed E-state index contributed by atoms with van der Waals surface area (Å²) in [5, 5.41) is 3.48. The van der Waals surface area contributed by atoms with Crippen LogP contribution in [0.4, 0.5) is 4.39 Å². The summed E-state index contributed by atoms with van der Waals surface area (Å²) in [6.07, 6.45) is 8.87. The number of thioether (sulfide) groups is 1. The van der Waals surface area contributed by atoms with Crippen LogP contribution in [0.25, 0.3) is 11.0 Å². The highest BCUT2D eigenvalue weighted by atomic mass is 32.2. The number of halogens is 1. The lowest BCUT2D eigenvalue weighted by atomic mass is 9.77. The van der Waals surface area contributed by atoms with E-state index >= 15 is 0 Å². The SMILES string of the molecule is COc1ccc(C2(C(=O)NC3CCC(n4c(=O)c5cc(F)cnc5n(C5CCSCC5)c4=O)CC3)CCCC2)cc1. The normalized spacial score (nSPS) is 23.0. The predicted molar refractivity (Wildman–Crippen MR) is 158 cm³/mol. The molecule has 2 saturated carbocycles. The van der Waals surface area contributed by atoms with Crippen LogP contribution < -0.4 is 21.3 Å². The van der Waals surface area contributed by atoms with E-state index in [2.05, 4.69) is 10.3 Å². The number of aromatic nitrogens is 3. The molecule has 3 heterocycles. The molecule has 2 aliphatic carbocycles. The van der Waals surface area contributed by atoms with E-state index in [4.69, 9.17) is 4.74 Å². The van der Waals surface area contributed by atoms with Gasteiger partial charge in [-0.15, -0.1) is 0 Å². The van der Waals surface area contributed by atoms with Crippen molar-refractivity contribution >= 4 is 28.7 Å². The zero-order chi connectivity index (χ0) is 28.6. The number of nitrogens with one attached hydrogen (secondary N) is 1. The summed E-state index contributed by atoms with van der Waals surface area (Å²) >= 11 is 1.85. The average Bonchev–Trinajstić information content (AvgIpc) is 3.51. The fourth-order valence-corrected chi connectivity index (χ4v) is 8.22. The molecular formula is C31H37FN4O4S. The highest BCUT2D eigenvalue weighted by Gasteiger charge is 2.43. The number of methoxy groups -OCH3 is 1. The molecule has 1 amide bonds. The molecule has 1 saturated heterocycles. The number of hydrogen-bond donors (Lipinski definition) is 1. The lowest BCUT2D eigenvalue weighted by molar-refractivity contribution is -0.127. The van der Waals surface area contributed by atoms with E-state index in [1.54, 1.807) is 11.7 Å². The summed E-state index contributed by atoms with van der Waals surface area (Å²) in [6, 6.07) is 8.64. The molecule has 0 atom stereocenters. The quantitative estimate of drug-likeness (QED) is 0.446. The number of hydrogen-bond acceptors (Lipinski definition) is 6. The minimum atomic E-state index is -0.588. The monoisotopic (exact) mass is 580 g/mol. The molecule has 0 radical (unpaired) electrons. The number of rotatable bonds is 6. The van der Waals surface area contributed by atoms with E-state index < -0.39 is 16.8 Å². The van der Waals surface area contributed by atoms with E-state index in [9.17, 15) is 18.8 Å². The molecule has 2 aromatic heterocycles. The molecule has 6 rings (SSSR count). The first kappa shape index (κ1) is 28.0. The summed E-state index contributed by atoms with van der Waals surface area (Å²) in [6.45, 7) is 0. The van der Waals surface area contributed by atoms with Crippen LogP contribution in [-0.4, -0.2) is 44.7 Å². The average molecular weight is 581 g/mol. The highest BCUT2D eigenvalue weighted by Crippen LogP contribution is 2.42.